The highest BCUT2D eigenvalue weighted by Gasteiger charge is 2.07. The van der Waals surface area contributed by atoms with Crippen molar-refractivity contribution >= 4 is 17.4 Å². The van der Waals surface area contributed by atoms with Crippen LogP contribution in [0.1, 0.15) is 18.5 Å². The van der Waals surface area contributed by atoms with Gasteiger partial charge in [-0.25, -0.2) is 9.18 Å². The molecule has 0 saturated carbocycles. The Morgan fingerprint density at radius 2 is 1.90 bits per heavy atom. The molecule has 1 unspecified atom stereocenters. The van der Waals surface area contributed by atoms with Gasteiger partial charge in [0.15, 0.2) is 0 Å². The van der Waals surface area contributed by atoms with Gasteiger partial charge >= 0.3 is 6.03 Å². The number of hydrogen-bond acceptors (Lipinski definition) is 3. The van der Waals surface area contributed by atoms with Crippen molar-refractivity contribution in [2.24, 2.45) is 5.73 Å². The van der Waals surface area contributed by atoms with E-state index in [0.29, 0.717) is 5.69 Å². The summed E-state index contributed by atoms with van der Waals surface area (Å²) >= 11 is 0. The lowest BCUT2D eigenvalue weighted by Crippen LogP contribution is -2.19. The predicted octanol–water partition coefficient (Wildman–Crippen LogP) is 2.88. The Labute approximate surface area is 116 Å². The molecule has 1 aromatic carbocycles. The van der Waals surface area contributed by atoms with Crippen molar-refractivity contribution in [3.05, 3.63) is 54.1 Å². The first-order chi connectivity index (χ1) is 9.54. The molecule has 2 aromatic rings. The van der Waals surface area contributed by atoms with E-state index in [1.165, 1.54) is 12.3 Å². The van der Waals surface area contributed by atoms with Crippen LogP contribution in [-0.4, -0.2) is 11.0 Å². The minimum Gasteiger partial charge on any atom is -0.378 e. The highest BCUT2D eigenvalue weighted by atomic mass is 19.1. The molecule has 4 N–H and O–H groups in total. The van der Waals surface area contributed by atoms with E-state index >= 15 is 0 Å². The van der Waals surface area contributed by atoms with Gasteiger partial charge in [-0.15, -0.1) is 0 Å². The van der Waals surface area contributed by atoms with Crippen LogP contribution >= 0.6 is 0 Å². The lowest BCUT2D eigenvalue weighted by Gasteiger charge is -2.15. The number of anilines is 2. The molecule has 0 aliphatic carbocycles. The summed E-state index contributed by atoms with van der Waals surface area (Å²) in [6, 6.07) is 7.79. The molecule has 5 nitrogen and oxygen atoms in total. The van der Waals surface area contributed by atoms with E-state index in [1.807, 2.05) is 6.92 Å². The number of halogens is 1. The summed E-state index contributed by atoms with van der Waals surface area (Å²) in [5.41, 5.74) is 7.24. The van der Waals surface area contributed by atoms with Crippen LogP contribution in [0.3, 0.4) is 0 Å². The number of primary amides is 1. The van der Waals surface area contributed by atoms with Gasteiger partial charge in [-0.3, -0.25) is 4.98 Å². The van der Waals surface area contributed by atoms with E-state index in [9.17, 15) is 9.18 Å². The standard InChI is InChI=1S/C14H15FN4O/c1-9(10-6-11(15)8-17-7-10)18-12-2-4-13(5-3-12)19-14(16)20/h2-9,18H,1H3,(H3,16,19,20). The van der Waals surface area contributed by atoms with Crippen LogP contribution in [0.15, 0.2) is 42.7 Å². The summed E-state index contributed by atoms with van der Waals surface area (Å²) in [4.78, 5) is 14.5. The van der Waals surface area contributed by atoms with Crippen LogP contribution in [0.4, 0.5) is 20.6 Å². The average molecular weight is 274 g/mol. The third kappa shape index (κ3) is 3.68. The highest BCUT2D eigenvalue weighted by molar-refractivity contribution is 5.87. The largest absolute Gasteiger partial charge is 0.378 e. The van der Waals surface area contributed by atoms with Crippen LogP contribution in [-0.2, 0) is 0 Å². The van der Waals surface area contributed by atoms with Crippen molar-refractivity contribution < 1.29 is 9.18 Å². The zero-order chi connectivity index (χ0) is 14.5. The summed E-state index contributed by atoms with van der Waals surface area (Å²) in [6.07, 6.45) is 2.78. The minimum absolute atomic E-state index is 0.0897. The third-order valence-corrected chi connectivity index (χ3v) is 2.76. The number of pyridine rings is 1. The third-order valence-electron chi connectivity index (χ3n) is 2.76. The predicted molar refractivity (Wildman–Crippen MR) is 75.9 cm³/mol. The molecule has 0 saturated heterocycles. The summed E-state index contributed by atoms with van der Waals surface area (Å²) < 4.78 is 13.1. The summed E-state index contributed by atoms with van der Waals surface area (Å²) in [5.74, 6) is -0.364. The second kappa shape index (κ2) is 6.01. The Bertz CT molecular complexity index is 600. The number of hydrogen-bond donors (Lipinski definition) is 3. The van der Waals surface area contributed by atoms with Crippen LogP contribution < -0.4 is 16.4 Å². The molecule has 1 aromatic heterocycles. The fourth-order valence-corrected chi connectivity index (χ4v) is 1.79. The number of nitrogens with one attached hydrogen (secondary N) is 2. The van der Waals surface area contributed by atoms with E-state index in [1.54, 1.807) is 30.5 Å². The zero-order valence-corrected chi connectivity index (χ0v) is 10.9. The van der Waals surface area contributed by atoms with Gasteiger partial charge in [0.05, 0.1) is 12.2 Å². The molecule has 0 spiro atoms. The van der Waals surface area contributed by atoms with Crippen molar-refractivity contribution in [1.29, 1.82) is 0 Å². The normalized spacial score (nSPS) is 11.7. The first-order valence-corrected chi connectivity index (χ1v) is 6.08. The van der Waals surface area contributed by atoms with Gasteiger partial charge in [-0.1, -0.05) is 0 Å². The van der Waals surface area contributed by atoms with E-state index in [2.05, 4.69) is 15.6 Å². The Morgan fingerprint density at radius 1 is 1.25 bits per heavy atom. The molecular weight excluding hydrogens is 259 g/mol. The Kier molecular flexibility index (Phi) is 4.14. The number of nitrogens with zero attached hydrogens (tertiary/aromatic N) is 1. The van der Waals surface area contributed by atoms with E-state index < -0.39 is 6.03 Å². The molecule has 2 amide bonds. The van der Waals surface area contributed by atoms with Crippen LogP contribution in [0.5, 0.6) is 0 Å². The van der Waals surface area contributed by atoms with Crippen LogP contribution in [0, 0.1) is 5.82 Å². The quantitative estimate of drug-likeness (QED) is 0.802. The Hall–Kier alpha value is -2.63. The maximum atomic E-state index is 13.1. The molecule has 0 bridgehead atoms. The van der Waals surface area contributed by atoms with E-state index in [4.69, 9.17) is 5.73 Å². The van der Waals surface area contributed by atoms with Gasteiger partial charge in [0.25, 0.3) is 0 Å². The Balaban J connectivity index is 2.04. The van der Waals surface area contributed by atoms with Crippen LogP contribution in [0.25, 0.3) is 0 Å². The van der Waals surface area contributed by atoms with Crippen molar-refractivity contribution in [3.8, 4) is 0 Å². The smallest absolute Gasteiger partial charge is 0.316 e. The molecule has 6 heteroatoms. The van der Waals surface area contributed by atoms with Crippen molar-refractivity contribution in [2.75, 3.05) is 10.6 Å². The minimum atomic E-state index is -0.607. The second-order valence-corrected chi connectivity index (χ2v) is 4.37. The second-order valence-electron chi connectivity index (χ2n) is 4.37. The maximum absolute atomic E-state index is 13.1. The molecule has 1 atom stereocenters. The number of amides is 2. The molecule has 20 heavy (non-hydrogen) atoms. The first kappa shape index (κ1) is 13.8. The molecule has 0 radical (unpaired) electrons. The monoisotopic (exact) mass is 274 g/mol. The van der Waals surface area contributed by atoms with Crippen LogP contribution in [0.2, 0.25) is 0 Å². The fraction of sp³-hybridized carbons (Fsp3) is 0.143. The maximum Gasteiger partial charge on any atom is 0.316 e. The van der Waals surface area contributed by atoms with E-state index in [0.717, 1.165) is 11.3 Å². The molecule has 104 valence electrons. The zero-order valence-electron chi connectivity index (χ0n) is 10.9. The first-order valence-electron chi connectivity index (χ1n) is 6.08. The molecule has 0 aliphatic rings. The number of rotatable bonds is 4. The fourth-order valence-electron chi connectivity index (χ4n) is 1.79. The molecule has 0 aliphatic heterocycles. The number of benzene rings is 1. The lowest BCUT2D eigenvalue weighted by atomic mass is 10.1. The number of carbonyl (C=O) groups is 1. The van der Waals surface area contributed by atoms with Crippen molar-refractivity contribution in [3.63, 3.8) is 0 Å². The van der Waals surface area contributed by atoms with E-state index in [-0.39, 0.29) is 11.9 Å². The molecular formula is C14H15FN4O. The average Bonchev–Trinajstić information content (AvgIpc) is 2.40. The highest BCUT2D eigenvalue weighted by Crippen LogP contribution is 2.20. The lowest BCUT2D eigenvalue weighted by molar-refractivity contribution is 0.259. The SMILES string of the molecule is CC(Nc1ccc(NC(N)=O)cc1)c1cncc(F)c1. The van der Waals surface area contributed by atoms with Gasteiger partial charge in [0.1, 0.15) is 5.82 Å². The van der Waals surface area contributed by atoms with Gasteiger partial charge in [0, 0.05) is 17.6 Å². The summed E-state index contributed by atoms with van der Waals surface area (Å²) in [5, 5.41) is 5.69. The van der Waals surface area contributed by atoms with Crippen molar-refractivity contribution in [1.82, 2.24) is 4.98 Å². The van der Waals surface area contributed by atoms with Gasteiger partial charge in [-0.2, -0.15) is 0 Å². The number of nitrogens with two attached hydrogens (primary N) is 1. The summed E-state index contributed by atoms with van der Waals surface area (Å²) in [6.45, 7) is 1.91. The topological polar surface area (TPSA) is 80.0 Å². The number of aromatic nitrogens is 1. The Morgan fingerprint density at radius 3 is 2.50 bits per heavy atom. The molecule has 0 fully saturated rings. The number of urea groups is 1. The van der Waals surface area contributed by atoms with Gasteiger partial charge < -0.3 is 16.4 Å². The number of carbonyl (C=O) groups excluding carboxylic acids is 1. The summed E-state index contributed by atoms with van der Waals surface area (Å²) in [7, 11) is 0. The molecule has 2 rings (SSSR count). The van der Waals surface area contributed by atoms with Gasteiger partial charge in [0.2, 0.25) is 0 Å². The van der Waals surface area contributed by atoms with Crippen molar-refractivity contribution in [2.45, 2.75) is 13.0 Å². The molecule has 1 heterocycles. The van der Waals surface area contributed by atoms with Gasteiger partial charge in [-0.05, 0) is 42.8 Å².